The molecule has 0 spiro atoms. The molecule has 0 saturated carbocycles. The zero-order valence-corrected chi connectivity index (χ0v) is 10.4. The quantitative estimate of drug-likeness (QED) is 0.864. The third-order valence-electron chi connectivity index (χ3n) is 2.20. The van der Waals surface area contributed by atoms with Gasteiger partial charge in [0.15, 0.2) is 0 Å². The minimum atomic E-state index is -3.58. The van der Waals surface area contributed by atoms with Gasteiger partial charge in [0.05, 0.1) is 13.0 Å². The molecule has 2 rings (SSSR count). The van der Waals surface area contributed by atoms with Crippen molar-refractivity contribution in [2.24, 2.45) is 0 Å². The summed E-state index contributed by atoms with van der Waals surface area (Å²) in [5, 5.41) is 1.78. The predicted molar refractivity (Wildman–Crippen MR) is 74.1 cm³/mol. The molecular formula is C14H20ClNO2. The topological polar surface area (TPSA) is 38.3 Å². The van der Waals surface area contributed by atoms with Gasteiger partial charge in [-0.2, -0.15) is 0 Å². The SMILES string of the molecule is Cl.[2H]C1([2H])N[C@@]([2H])([C@]([2H])(C(=O)OC)c2ccccc2)C([2H])([2H])C([2H])([2H])C1([2H])[2H]. The second-order valence-corrected chi connectivity index (χ2v) is 3.23. The Morgan fingerprint density at radius 3 is 2.94 bits per heavy atom. The van der Waals surface area contributed by atoms with Crippen molar-refractivity contribution in [3.8, 4) is 0 Å². The van der Waals surface area contributed by atoms with Gasteiger partial charge in [0.1, 0.15) is 0 Å². The lowest BCUT2D eigenvalue weighted by Crippen LogP contribution is -2.42. The minimum Gasteiger partial charge on any atom is -0.469 e. The first-order chi connectivity index (χ1) is 12.0. The average molecular weight is 280 g/mol. The lowest BCUT2D eigenvalue weighted by Gasteiger charge is -2.29. The molecule has 2 atom stereocenters. The molecule has 1 aliphatic rings. The van der Waals surface area contributed by atoms with Crippen molar-refractivity contribution in [1.29, 1.82) is 0 Å². The molecule has 0 aliphatic carbocycles. The van der Waals surface area contributed by atoms with Crippen LogP contribution in [0.5, 0.6) is 0 Å². The second-order valence-electron chi connectivity index (χ2n) is 3.23. The number of carbonyl (C=O) groups is 1. The number of benzene rings is 1. The van der Waals surface area contributed by atoms with E-state index in [1.54, 1.807) is 5.32 Å². The fourth-order valence-electron chi connectivity index (χ4n) is 1.45. The molecule has 1 saturated heterocycles. The van der Waals surface area contributed by atoms with Crippen LogP contribution in [0.25, 0.3) is 0 Å². The average Bonchev–Trinajstić information content (AvgIpc) is 2.58. The largest absolute Gasteiger partial charge is 0.469 e. The van der Waals surface area contributed by atoms with E-state index in [9.17, 15) is 4.79 Å². The molecule has 0 aromatic heterocycles. The molecule has 1 aromatic carbocycles. The highest BCUT2D eigenvalue weighted by molar-refractivity contribution is 5.85. The number of esters is 1. The van der Waals surface area contributed by atoms with Crippen LogP contribution in [0.15, 0.2) is 30.3 Å². The first kappa shape index (κ1) is 5.93. The van der Waals surface area contributed by atoms with E-state index in [-0.39, 0.29) is 18.0 Å². The van der Waals surface area contributed by atoms with Crippen LogP contribution in [0.4, 0.5) is 0 Å². The lowest BCUT2D eigenvalue weighted by atomic mass is 9.86. The van der Waals surface area contributed by atoms with Gasteiger partial charge in [0.25, 0.3) is 0 Å². The van der Waals surface area contributed by atoms with Gasteiger partial charge in [0.2, 0.25) is 0 Å². The Kier molecular flexibility index (Phi) is 2.44. The second kappa shape index (κ2) is 7.39. The van der Waals surface area contributed by atoms with E-state index in [0.717, 1.165) is 7.11 Å². The highest BCUT2D eigenvalue weighted by Gasteiger charge is 2.31. The Labute approximate surface area is 128 Å². The normalized spacial score (nSPS) is 45.8. The maximum atomic E-state index is 12.5. The molecular weight excluding hydrogens is 250 g/mol. The number of piperidine rings is 1. The van der Waals surface area contributed by atoms with Crippen LogP contribution >= 0.6 is 12.4 Å². The first-order valence-electron chi connectivity index (χ1n) is 9.98. The van der Waals surface area contributed by atoms with Crippen LogP contribution in [-0.4, -0.2) is 25.6 Å². The van der Waals surface area contributed by atoms with Gasteiger partial charge < -0.3 is 10.1 Å². The summed E-state index contributed by atoms with van der Waals surface area (Å²) in [5.74, 6) is -4.38. The van der Waals surface area contributed by atoms with E-state index >= 15 is 0 Å². The van der Waals surface area contributed by atoms with E-state index < -0.39 is 43.5 Å². The molecule has 0 radical (unpaired) electrons. The van der Waals surface area contributed by atoms with E-state index in [1.807, 2.05) is 0 Å². The number of halogens is 1. The molecule has 100 valence electrons. The molecule has 0 unspecified atom stereocenters. The van der Waals surface area contributed by atoms with Crippen molar-refractivity contribution < 1.29 is 23.2 Å². The van der Waals surface area contributed by atoms with Gasteiger partial charge in [-0.15, -0.1) is 12.4 Å². The van der Waals surface area contributed by atoms with Crippen molar-refractivity contribution in [2.75, 3.05) is 13.6 Å². The molecule has 1 fully saturated rings. The van der Waals surface area contributed by atoms with Gasteiger partial charge in [-0.25, -0.2) is 0 Å². The van der Waals surface area contributed by atoms with E-state index in [0.29, 0.717) is 0 Å². The summed E-state index contributed by atoms with van der Waals surface area (Å²) in [6.45, 7) is -3.28. The van der Waals surface area contributed by atoms with E-state index in [4.69, 9.17) is 13.7 Å². The van der Waals surface area contributed by atoms with Crippen molar-refractivity contribution in [1.82, 2.24) is 5.32 Å². The fraction of sp³-hybridized carbons (Fsp3) is 0.500. The summed E-state index contributed by atoms with van der Waals surface area (Å²) in [5.41, 5.74) is -0.239. The van der Waals surface area contributed by atoms with Gasteiger partial charge in [-0.1, -0.05) is 36.7 Å². The van der Waals surface area contributed by atoms with Crippen molar-refractivity contribution >= 4 is 18.4 Å². The Bertz CT molecular complexity index is 747. The molecule has 18 heavy (non-hydrogen) atoms. The monoisotopic (exact) mass is 279 g/mol. The maximum Gasteiger partial charge on any atom is 0.314 e. The number of hydrogen-bond acceptors (Lipinski definition) is 3. The first-order valence-corrected chi connectivity index (χ1v) is 4.98. The lowest BCUT2D eigenvalue weighted by molar-refractivity contribution is -0.143. The maximum absolute atomic E-state index is 12.5. The van der Waals surface area contributed by atoms with Gasteiger partial charge in [0, 0.05) is 19.7 Å². The van der Waals surface area contributed by atoms with Crippen molar-refractivity contribution in [3.63, 3.8) is 0 Å². The summed E-state index contributed by atoms with van der Waals surface area (Å²) >= 11 is 0. The Balaban J connectivity index is 0.00000392. The van der Waals surface area contributed by atoms with Crippen molar-refractivity contribution in [2.45, 2.75) is 31.0 Å². The molecule has 1 aromatic rings. The number of methoxy groups -OCH3 is 1. The molecule has 1 heterocycles. The van der Waals surface area contributed by atoms with Crippen LogP contribution < -0.4 is 5.32 Å². The van der Waals surface area contributed by atoms with Gasteiger partial charge in [-0.3, -0.25) is 4.79 Å². The Morgan fingerprint density at radius 2 is 2.28 bits per heavy atom. The number of rotatable bonds is 3. The molecule has 1 N–H and O–H groups in total. The molecule has 0 bridgehead atoms. The van der Waals surface area contributed by atoms with Crippen molar-refractivity contribution in [3.05, 3.63) is 35.9 Å². The molecule has 4 heteroatoms. The van der Waals surface area contributed by atoms with Gasteiger partial charge >= 0.3 is 5.97 Å². The van der Waals surface area contributed by atoms with E-state index in [1.165, 1.54) is 30.3 Å². The molecule has 3 nitrogen and oxygen atoms in total. The Morgan fingerprint density at radius 1 is 1.56 bits per heavy atom. The number of carbonyl (C=O) groups excluding carboxylic acids is 1. The number of ether oxygens (including phenoxy) is 1. The standard InChI is InChI=1S/C14H19NO2.ClH/c1-17-14(16)13(11-7-3-2-4-8-11)12-9-5-6-10-15-12;/h2-4,7-8,12-13,15H,5-6,9-10H2,1H3;1H/t12-,13-;/m1./s1/i5D2,6D2,9D2,10D2,12D,13D;. The molecule has 1 aliphatic heterocycles. The summed E-state index contributed by atoms with van der Waals surface area (Å²) in [6.07, 6.45) is -10.5. The summed E-state index contributed by atoms with van der Waals surface area (Å²) in [6, 6.07) is 3.53. The van der Waals surface area contributed by atoms with Crippen LogP contribution in [0, 0.1) is 0 Å². The van der Waals surface area contributed by atoms with Crippen LogP contribution in [0.1, 0.15) is 44.3 Å². The summed E-state index contributed by atoms with van der Waals surface area (Å²) in [4.78, 5) is 12.5. The zero-order chi connectivity index (χ0) is 21.1. The Hall–Kier alpha value is -1.06. The zero-order valence-electron chi connectivity index (χ0n) is 19.6. The third kappa shape index (κ3) is 3.47. The highest BCUT2D eigenvalue weighted by Crippen LogP contribution is 2.26. The van der Waals surface area contributed by atoms with Crippen LogP contribution in [0.2, 0.25) is 0 Å². The summed E-state index contributed by atoms with van der Waals surface area (Å²) < 4.78 is 85.5. The van der Waals surface area contributed by atoms with Crippen LogP contribution in [-0.2, 0) is 9.53 Å². The van der Waals surface area contributed by atoms with E-state index in [2.05, 4.69) is 4.74 Å². The predicted octanol–water partition coefficient (Wildman–Crippen LogP) is 2.51. The summed E-state index contributed by atoms with van der Waals surface area (Å²) in [7, 11) is 0.902. The smallest absolute Gasteiger partial charge is 0.314 e. The number of nitrogens with one attached hydrogen (secondary N) is 1. The minimum absolute atomic E-state index is 0. The fourth-order valence-corrected chi connectivity index (χ4v) is 1.45. The number of hydrogen-bond donors (Lipinski definition) is 1. The third-order valence-corrected chi connectivity index (χ3v) is 2.20. The molecule has 0 amide bonds. The van der Waals surface area contributed by atoms with Gasteiger partial charge in [-0.05, 0) is 24.8 Å². The van der Waals surface area contributed by atoms with Crippen LogP contribution in [0.3, 0.4) is 0 Å². The highest BCUT2D eigenvalue weighted by atomic mass is 35.5.